The second-order valence-corrected chi connectivity index (χ2v) is 7.02. The van der Waals surface area contributed by atoms with E-state index in [0.29, 0.717) is 5.01 Å². The Hall–Kier alpha value is -2.68. The van der Waals surface area contributed by atoms with Crippen molar-refractivity contribution in [2.45, 2.75) is 24.9 Å². The predicted molar refractivity (Wildman–Crippen MR) is 89.7 cm³/mol. The average molecular weight is 358 g/mol. The first kappa shape index (κ1) is 15.8. The van der Waals surface area contributed by atoms with Gasteiger partial charge < -0.3 is 5.32 Å². The van der Waals surface area contributed by atoms with Gasteiger partial charge in [0.25, 0.3) is 5.91 Å². The number of benzene rings is 1. The highest BCUT2D eigenvalue weighted by atomic mass is 32.1. The molecule has 1 aromatic carbocycles. The zero-order valence-corrected chi connectivity index (χ0v) is 14.0. The quantitative estimate of drug-likeness (QED) is 0.730. The summed E-state index contributed by atoms with van der Waals surface area (Å²) in [5, 5.41) is 20.2. The third kappa shape index (κ3) is 3.14. The van der Waals surface area contributed by atoms with Crippen LogP contribution in [0.4, 0.5) is 4.39 Å². The standard InChI is InChI=1S/C16H15FN6OS/c17-10-16(6-7-16)23-9-12(19-22-23)14(24)18-8-13-20-21-15(25-13)11-4-2-1-3-5-11/h1-5,9H,6-8,10H2,(H,18,24). The van der Waals surface area contributed by atoms with Gasteiger partial charge in [-0.3, -0.25) is 4.79 Å². The minimum absolute atomic E-state index is 0.174. The maximum atomic E-state index is 13.0. The van der Waals surface area contributed by atoms with Crippen LogP contribution in [0.1, 0.15) is 28.3 Å². The van der Waals surface area contributed by atoms with E-state index in [2.05, 4.69) is 25.8 Å². The molecule has 1 saturated carbocycles. The maximum absolute atomic E-state index is 13.0. The first-order valence-corrected chi connectivity index (χ1v) is 8.67. The fraction of sp³-hybridized carbons (Fsp3) is 0.312. The number of nitrogens with zero attached hydrogens (tertiary/aromatic N) is 5. The predicted octanol–water partition coefficient (Wildman–Crippen LogP) is 2.19. The van der Waals surface area contributed by atoms with E-state index in [0.717, 1.165) is 23.4 Å². The van der Waals surface area contributed by atoms with Gasteiger partial charge in [0.1, 0.15) is 16.7 Å². The summed E-state index contributed by atoms with van der Waals surface area (Å²) < 4.78 is 14.5. The number of hydrogen-bond donors (Lipinski definition) is 1. The summed E-state index contributed by atoms with van der Waals surface area (Å²) in [7, 11) is 0. The van der Waals surface area contributed by atoms with Gasteiger partial charge >= 0.3 is 0 Å². The zero-order chi connectivity index (χ0) is 17.3. The highest BCUT2D eigenvalue weighted by molar-refractivity contribution is 7.14. The van der Waals surface area contributed by atoms with Gasteiger partial charge in [0.2, 0.25) is 0 Å². The molecule has 25 heavy (non-hydrogen) atoms. The lowest BCUT2D eigenvalue weighted by Crippen LogP contribution is -2.23. The Bertz CT molecular complexity index is 889. The largest absolute Gasteiger partial charge is 0.344 e. The molecule has 0 radical (unpaired) electrons. The molecule has 128 valence electrons. The Kier molecular flexibility index (Phi) is 4.00. The number of halogens is 1. The maximum Gasteiger partial charge on any atom is 0.273 e. The summed E-state index contributed by atoms with van der Waals surface area (Å²) in [6.07, 6.45) is 2.94. The van der Waals surface area contributed by atoms with Crippen molar-refractivity contribution in [3.8, 4) is 10.6 Å². The highest BCUT2D eigenvalue weighted by Gasteiger charge is 2.46. The number of carbonyl (C=O) groups excluding carboxylic acids is 1. The minimum Gasteiger partial charge on any atom is -0.344 e. The fourth-order valence-electron chi connectivity index (χ4n) is 2.44. The molecule has 0 bridgehead atoms. The van der Waals surface area contributed by atoms with Gasteiger partial charge in [-0.2, -0.15) is 0 Å². The molecule has 0 unspecified atom stereocenters. The summed E-state index contributed by atoms with van der Waals surface area (Å²) in [5.41, 5.74) is 0.573. The Morgan fingerprint density at radius 3 is 2.76 bits per heavy atom. The molecule has 2 heterocycles. The van der Waals surface area contributed by atoms with E-state index in [1.54, 1.807) is 0 Å². The second-order valence-electron chi connectivity index (χ2n) is 5.96. The van der Waals surface area contributed by atoms with E-state index in [1.807, 2.05) is 30.3 Å². The Morgan fingerprint density at radius 2 is 2.04 bits per heavy atom. The van der Waals surface area contributed by atoms with Crippen LogP contribution in [0, 0.1) is 0 Å². The number of nitrogens with one attached hydrogen (secondary N) is 1. The lowest BCUT2D eigenvalue weighted by atomic mass is 10.2. The van der Waals surface area contributed by atoms with E-state index in [1.165, 1.54) is 22.2 Å². The molecule has 7 nitrogen and oxygen atoms in total. The Labute approximate surface area is 146 Å². The van der Waals surface area contributed by atoms with Crippen molar-refractivity contribution in [2.24, 2.45) is 0 Å². The first-order chi connectivity index (χ1) is 12.2. The third-order valence-corrected chi connectivity index (χ3v) is 5.15. The van der Waals surface area contributed by atoms with Crippen LogP contribution < -0.4 is 5.32 Å². The van der Waals surface area contributed by atoms with Crippen molar-refractivity contribution in [2.75, 3.05) is 6.67 Å². The molecule has 1 N–H and O–H groups in total. The number of hydrogen-bond acceptors (Lipinski definition) is 6. The van der Waals surface area contributed by atoms with Gasteiger partial charge in [-0.15, -0.1) is 15.3 Å². The lowest BCUT2D eigenvalue weighted by molar-refractivity contribution is 0.0945. The molecule has 1 aliphatic rings. The summed E-state index contributed by atoms with van der Waals surface area (Å²) in [6, 6.07) is 9.73. The molecule has 1 fully saturated rings. The highest BCUT2D eigenvalue weighted by Crippen LogP contribution is 2.43. The second kappa shape index (κ2) is 6.32. The summed E-state index contributed by atoms with van der Waals surface area (Å²) in [4.78, 5) is 12.2. The monoisotopic (exact) mass is 358 g/mol. The summed E-state index contributed by atoms with van der Waals surface area (Å²) in [5.74, 6) is -0.364. The molecule has 4 rings (SSSR count). The minimum atomic E-state index is -0.588. The van der Waals surface area contributed by atoms with Gasteiger partial charge in [0.05, 0.1) is 18.3 Å². The average Bonchev–Trinajstić information content (AvgIpc) is 3.08. The molecule has 9 heteroatoms. The number of amides is 1. The number of carbonyl (C=O) groups is 1. The lowest BCUT2D eigenvalue weighted by Gasteiger charge is -2.08. The molecule has 0 saturated heterocycles. The van der Waals surface area contributed by atoms with Crippen molar-refractivity contribution in [3.05, 3.63) is 47.2 Å². The normalized spacial score (nSPS) is 15.1. The third-order valence-electron chi connectivity index (χ3n) is 4.18. The topological polar surface area (TPSA) is 85.6 Å². The van der Waals surface area contributed by atoms with E-state index in [-0.39, 0.29) is 18.1 Å². The first-order valence-electron chi connectivity index (χ1n) is 7.85. The van der Waals surface area contributed by atoms with E-state index >= 15 is 0 Å². The van der Waals surface area contributed by atoms with Crippen LogP contribution in [-0.2, 0) is 12.1 Å². The van der Waals surface area contributed by atoms with Crippen LogP contribution in [0.25, 0.3) is 10.6 Å². The van der Waals surface area contributed by atoms with E-state index in [9.17, 15) is 9.18 Å². The van der Waals surface area contributed by atoms with Crippen LogP contribution >= 0.6 is 11.3 Å². The molecule has 0 aliphatic heterocycles. The van der Waals surface area contributed by atoms with Gasteiger partial charge in [-0.25, -0.2) is 9.07 Å². The molecule has 3 aromatic rings. The molecule has 0 atom stereocenters. The Morgan fingerprint density at radius 1 is 1.24 bits per heavy atom. The molecule has 1 amide bonds. The number of alkyl halides is 1. The van der Waals surface area contributed by atoms with Gasteiger partial charge in [0.15, 0.2) is 5.69 Å². The summed E-state index contributed by atoms with van der Waals surface area (Å²) in [6.45, 7) is -0.241. The SMILES string of the molecule is O=C(NCc1nnc(-c2ccccc2)s1)c1cn(C2(CF)CC2)nn1. The van der Waals surface area contributed by atoms with Crippen molar-refractivity contribution in [3.63, 3.8) is 0 Å². The van der Waals surface area contributed by atoms with Crippen LogP contribution in [0.5, 0.6) is 0 Å². The van der Waals surface area contributed by atoms with Crippen molar-refractivity contribution in [1.29, 1.82) is 0 Å². The molecule has 1 aliphatic carbocycles. The molecular formula is C16H15FN6OS. The van der Waals surface area contributed by atoms with Crippen molar-refractivity contribution < 1.29 is 9.18 Å². The Balaban J connectivity index is 1.39. The van der Waals surface area contributed by atoms with Gasteiger partial charge in [-0.05, 0) is 12.8 Å². The zero-order valence-electron chi connectivity index (χ0n) is 13.2. The molecular weight excluding hydrogens is 343 g/mol. The fourth-order valence-corrected chi connectivity index (χ4v) is 3.22. The van der Waals surface area contributed by atoms with Gasteiger partial charge in [0, 0.05) is 5.56 Å². The van der Waals surface area contributed by atoms with Gasteiger partial charge in [-0.1, -0.05) is 46.9 Å². The van der Waals surface area contributed by atoms with Crippen LogP contribution in [-0.4, -0.2) is 37.8 Å². The van der Waals surface area contributed by atoms with E-state index in [4.69, 9.17) is 0 Å². The van der Waals surface area contributed by atoms with Crippen molar-refractivity contribution >= 4 is 17.2 Å². The molecule has 0 spiro atoms. The number of rotatable bonds is 6. The van der Waals surface area contributed by atoms with Crippen LogP contribution in [0.15, 0.2) is 36.5 Å². The van der Waals surface area contributed by atoms with Crippen molar-refractivity contribution in [1.82, 2.24) is 30.5 Å². The number of aromatic nitrogens is 5. The molecule has 2 aromatic heterocycles. The van der Waals surface area contributed by atoms with E-state index < -0.39 is 12.2 Å². The smallest absolute Gasteiger partial charge is 0.273 e. The summed E-state index contributed by atoms with van der Waals surface area (Å²) >= 11 is 1.42. The van der Waals surface area contributed by atoms with Crippen LogP contribution in [0.3, 0.4) is 0 Å². The van der Waals surface area contributed by atoms with Crippen LogP contribution in [0.2, 0.25) is 0 Å².